The summed E-state index contributed by atoms with van der Waals surface area (Å²) in [7, 11) is 1.49. The van der Waals surface area contributed by atoms with Crippen LogP contribution in [0.25, 0.3) is 0 Å². The van der Waals surface area contributed by atoms with Gasteiger partial charge in [0.1, 0.15) is 12.8 Å². The maximum atomic E-state index is 12.2. The summed E-state index contributed by atoms with van der Waals surface area (Å²) in [6.07, 6.45) is 2.80. The molecule has 0 fully saturated rings. The lowest BCUT2D eigenvalue weighted by Crippen LogP contribution is -2.02. The molecule has 0 spiro atoms. The van der Waals surface area contributed by atoms with Crippen molar-refractivity contribution in [3.63, 3.8) is 0 Å². The first-order valence-electron chi connectivity index (χ1n) is 3.37. The smallest absolute Gasteiger partial charge is 0.120 e. The van der Waals surface area contributed by atoms with Crippen LogP contribution in [0.2, 0.25) is 0 Å². The van der Waals surface area contributed by atoms with Gasteiger partial charge in [0.15, 0.2) is 0 Å². The van der Waals surface area contributed by atoms with E-state index >= 15 is 0 Å². The Bertz CT molecular complexity index is 199. The summed E-state index contributed by atoms with van der Waals surface area (Å²) < 4.78 is 17.1. The van der Waals surface area contributed by atoms with Gasteiger partial charge in [-0.05, 0) is 17.7 Å². The van der Waals surface area contributed by atoms with Gasteiger partial charge >= 0.3 is 0 Å². The van der Waals surface area contributed by atoms with Crippen LogP contribution in [0.15, 0.2) is 24.5 Å². The second-order valence-electron chi connectivity index (χ2n) is 2.16. The lowest BCUT2D eigenvalue weighted by Gasteiger charge is -2.09. The minimum atomic E-state index is -0.499. The van der Waals surface area contributed by atoms with Crippen molar-refractivity contribution in [3.8, 4) is 0 Å². The molecule has 2 nitrogen and oxygen atoms in total. The summed E-state index contributed by atoms with van der Waals surface area (Å²) >= 11 is 0. The van der Waals surface area contributed by atoms with Crippen LogP contribution >= 0.6 is 0 Å². The zero-order valence-corrected chi connectivity index (χ0v) is 6.33. The first-order valence-corrected chi connectivity index (χ1v) is 3.37. The topological polar surface area (TPSA) is 22.1 Å². The predicted molar refractivity (Wildman–Crippen MR) is 40.0 cm³/mol. The van der Waals surface area contributed by atoms with Crippen molar-refractivity contribution in [2.24, 2.45) is 0 Å². The van der Waals surface area contributed by atoms with Crippen LogP contribution in [0.1, 0.15) is 11.7 Å². The first kappa shape index (κ1) is 8.14. The van der Waals surface area contributed by atoms with Crippen LogP contribution in [0.3, 0.4) is 0 Å². The molecule has 11 heavy (non-hydrogen) atoms. The Morgan fingerprint density at radius 3 is 2.64 bits per heavy atom. The minimum absolute atomic E-state index is 0.446. The van der Waals surface area contributed by atoms with E-state index in [1.165, 1.54) is 7.11 Å². The fourth-order valence-corrected chi connectivity index (χ4v) is 0.866. The van der Waals surface area contributed by atoms with Crippen LogP contribution in [0.4, 0.5) is 4.39 Å². The Balaban J connectivity index is 2.74. The largest absolute Gasteiger partial charge is 0.374 e. The third kappa shape index (κ3) is 1.98. The summed E-state index contributed by atoms with van der Waals surface area (Å²) in [4.78, 5) is 3.82. The molecule has 1 atom stereocenters. The van der Waals surface area contributed by atoms with Gasteiger partial charge in [-0.2, -0.15) is 0 Å². The van der Waals surface area contributed by atoms with Gasteiger partial charge < -0.3 is 4.74 Å². The highest BCUT2D eigenvalue weighted by atomic mass is 19.1. The number of hydrogen-bond acceptors (Lipinski definition) is 2. The number of halogens is 1. The molecule has 1 rings (SSSR count). The third-order valence-electron chi connectivity index (χ3n) is 1.50. The van der Waals surface area contributed by atoms with E-state index in [1.54, 1.807) is 24.5 Å². The Hall–Kier alpha value is -0.960. The quantitative estimate of drug-likeness (QED) is 0.663. The van der Waals surface area contributed by atoms with Gasteiger partial charge in [-0.25, -0.2) is 4.39 Å². The van der Waals surface area contributed by atoms with E-state index < -0.39 is 12.8 Å². The third-order valence-corrected chi connectivity index (χ3v) is 1.50. The Kier molecular flexibility index (Phi) is 2.98. The van der Waals surface area contributed by atoms with Crippen LogP contribution < -0.4 is 0 Å². The zero-order valence-electron chi connectivity index (χ0n) is 6.33. The molecule has 60 valence electrons. The van der Waals surface area contributed by atoms with E-state index in [0.29, 0.717) is 0 Å². The van der Waals surface area contributed by atoms with E-state index in [4.69, 9.17) is 4.74 Å². The van der Waals surface area contributed by atoms with Crippen molar-refractivity contribution in [1.82, 2.24) is 4.98 Å². The van der Waals surface area contributed by atoms with Crippen molar-refractivity contribution in [1.29, 1.82) is 0 Å². The number of rotatable bonds is 3. The minimum Gasteiger partial charge on any atom is -0.374 e. The number of alkyl halides is 1. The highest BCUT2D eigenvalue weighted by Gasteiger charge is 2.07. The number of aromatic nitrogens is 1. The maximum absolute atomic E-state index is 12.2. The molecule has 0 N–H and O–H groups in total. The van der Waals surface area contributed by atoms with E-state index in [0.717, 1.165) is 5.56 Å². The van der Waals surface area contributed by atoms with Crippen molar-refractivity contribution < 1.29 is 9.13 Å². The molecule has 3 heteroatoms. The van der Waals surface area contributed by atoms with Gasteiger partial charge in [0.2, 0.25) is 0 Å². The Morgan fingerprint density at radius 1 is 1.55 bits per heavy atom. The molecule has 0 aliphatic heterocycles. The summed E-state index contributed by atoms with van der Waals surface area (Å²) in [5.41, 5.74) is 0.824. The maximum Gasteiger partial charge on any atom is 0.120 e. The van der Waals surface area contributed by atoms with Crippen LogP contribution in [0.5, 0.6) is 0 Å². The summed E-state index contributed by atoms with van der Waals surface area (Å²) in [5, 5.41) is 0. The molecule has 1 heterocycles. The SMILES string of the molecule is COC(CF)c1ccncc1. The van der Waals surface area contributed by atoms with E-state index in [1.807, 2.05) is 0 Å². The first-order chi connectivity index (χ1) is 5.38. The van der Waals surface area contributed by atoms with Gasteiger partial charge in [0.25, 0.3) is 0 Å². The standard InChI is InChI=1S/C8H10FNO/c1-11-8(6-9)7-2-4-10-5-3-7/h2-5,8H,6H2,1H3. The lowest BCUT2D eigenvalue weighted by atomic mass is 10.2. The second-order valence-corrected chi connectivity index (χ2v) is 2.16. The van der Waals surface area contributed by atoms with Crippen LogP contribution in [-0.2, 0) is 4.74 Å². The van der Waals surface area contributed by atoms with Gasteiger partial charge in [0, 0.05) is 19.5 Å². The molecule has 0 bridgehead atoms. The molecular formula is C8H10FNO. The summed E-state index contributed by atoms with van der Waals surface area (Å²) in [6, 6.07) is 3.49. The van der Waals surface area contributed by atoms with Crippen LogP contribution in [-0.4, -0.2) is 18.8 Å². The highest BCUT2D eigenvalue weighted by molar-refractivity contribution is 5.13. The monoisotopic (exact) mass is 155 g/mol. The summed E-state index contributed by atoms with van der Waals surface area (Å²) in [5.74, 6) is 0. The molecule has 0 aliphatic carbocycles. The van der Waals surface area contributed by atoms with Gasteiger partial charge in [-0.1, -0.05) is 0 Å². The molecule has 1 aromatic heterocycles. The second kappa shape index (κ2) is 4.03. The van der Waals surface area contributed by atoms with Gasteiger partial charge in [-0.3, -0.25) is 4.98 Å². The Morgan fingerprint density at radius 2 is 2.18 bits per heavy atom. The Labute approximate surface area is 65.0 Å². The number of pyridine rings is 1. The fourth-order valence-electron chi connectivity index (χ4n) is 0.866. The van der Waals surface area contributed by atoms with E-state index in [2.05, 4.69) is 4.98 Å². The number of ether oxygens (including phenoxy) is 1. The normalized spacial score (nSPS) is 12.9. The predicted octanol–water partition coefficient (Wildman–Crippen LogP) is 1.74. The fraction of sp³-hybridized carbons (Fsp3) is 0.375. The van der Waals surface area contributed by atoms with Crippen molar-refractivity contribution in [2.75, 3.05) is 13.8 Å². The molecule has 1 unspecified atom stereocenters. The average molecular weight is 155 g/mol. The van der Waals surface area contributed by atoms with Gasteiger partial charge in [0.05, 0.1) is 0 Å². The molecule has 0 aromatic carbocycles. The molecule has 0 radical (unpaired) electrons. The highest BCUT2D eigenvalue weighted by Crippen LogP contribution is 2.14. The number of methoxy groups -OCH3 is 1. The summed E-state index contributed by atoms with van der Waals surface area (Å²) in [6.45, 7) is -0.499. The molecule has 0 saturated carbocycles. The van der Waals surface area contributed by atoms with Crippen LogP contribution in [0, 0.1) is 0 Å². The zero-order chi connectivity index (χ0) is 8.10. The lowest BCUT2D eigenvalue weighted by molar-refractivity contribution is 0.0794. The van der Waals surface area contributed by atoms with Gasteiger partial charge in [-0.15, -0.1) is 0 Å². The van der Waals surface area contributed by atoms with E-state index in [9.17, 15) is 4.39 Å². The van der Waals surface area contributed by atoms with E-state index in [-0.39, 0.29) is 0 Å². The molecular weight excluding hydrogens is 145 g/mol. The number of hydrogen-bond donors (Lipinski definition) is 0. The molecule has 0 saturated heterocycles. The average Bonchev–Trinajstić information content (AvgIpc) is 2.09. The van der Waals surface area contributed by atoms with Crippen molar-refractivity contribution in [3.05, 3.63) is 30.1 Å². The molecule has 0 aliphatic rings. The molecule has 0 amide bonds. The van der Waals surface area contributed by atoms with Crippen molar-refractivity contribution >= 4 is 0 Å². The van der Waals surface area contributed by atoms with Crippen molar-refractivity contribution in [2.45, 2.75) is 6.10 Å². The number of nitrogens with zero attached hydrogens (tertiary/aromatic N) is 1. The molecule has 1 aromatic rings.